The van der Waals surface area contributed by atoms with E-state index in [2.05, 4.69) is 31.5 Å². The summed E-state index contributed by atoms with van der Waals surface area (Å²) in [6.45, 7) is 5.50. The maximum atomic E-state index is 13.9. The molecule has 3 atom stereocenters. The van der Waals surface area contributed by atoms with Crippen molar-refractivity contribution in [3.63, 3.8) is 0 Å². The minimum absolute atomic E-state index is 0.0797. The van der Waals surface area contributed by atoms with Gasteiger partial charge >= 0.3 is 0 Å². The van der Waals surface area contributed by atoms with Gasteiger partial charge in [0.15, 0.2) is 0 Å². The number of hydrogen-bond donors (Lipinski definition) is 7. The molecule has 0 aromatic heterocycles. The first-order valence-electron chi connectivity index (χ1n) is 20.6. The summed E-state index contributed by atoms with van der Waals surface area (Å²) < 4.78 is 0. The Morgan fingerprint density at radius 3 is 2.22 bits per heavy atom. The van der Waals surface area contributed by atoms with Crippen molar-refractivity contribution in [3.8, 4) is 5.75 Å². The summed E-state index contributed by atoms with van der Waals surface area (Å²) in [6.07, 6.45) is 6.36. The van der Waals surface area contributed by atoms with Crippen LogP contribution in [0.2, 0.25) is 0 Å². The number of piperidine rings is 1. The number of nitrogens with one attached hydrogen (secondary N) is 5. The molecule has 5 rings (SSSR count). The van der Waals surface area contributed by atoms with Gasteiger partial charge in [-0.25, -0.2) is 0 Å². The zero-order valence-electron chi connectivity index (χ0n) is 34.0. The minimum Gasteiger partial charge on any atom is -0.508 e. The first kappa shape index (κ1) is 44.3. The third-order valence-corrected chi connectivity index (χ3v) is 10.8. The molecule has 0 unspecified atom stereocenters. The molecule has 3 aromatic carbocycles. The first-order chi connectivity index (χ1) is 28.4. The molecule has 0 radical (unpaired) electrons. The van der Waals surface area contributed by atoms with E-state index in [0.29, 0.717) is 60.9 Å². The van der Waals surface area contributed by atoms with Gasteiger partial charge in [-0.1, -0.05) is 49.2 Å². The normalized spacial score (nSPS) is 15.6. The van der Waals surface area contributed by atoms with Crippen molar-refractivity contribution in [3.05, 3.63) is 83.9 Å². The third kappa shape index (κ3) is 12.8. The van der Waals surface area contributed by atoms with Gasteiger partial charge in [0, 0.05) is 19.9 Å². The number of rotatable bonds is 19. The molecule has 2 aliphatic rings. The van der Waals surface area contributed by atoms with E-state index in [9.17, 15) is 33.9 Å². The molecule has 15 nitrogen and oxygen atoms in total. The molecular weight excluding hydrogens is 753 g/mol. The van der Waals surface area contributed by atoms with Crippen LogP contribution in [0.25, 0.3) is 0 Å². The first-order valence-corrected chi connectivity index (χ1v) is 20.6. The Hall–Kier alpha value is -5.80. The van der Waals surface area contributed by atoms with Crippen LogP contribution in [0.15, 0.2) is 72.8 Å². The van der Waals surface area contributed by atoms with E-state index in [-0.39, 0.29) is 42.3 Å². The molecule has 0 saturated carbocycles. The molecule has 1 saturated heterocycles. The van der Waals surface area contributed by atoms with Gasteiger partial charge in [-0.15, -0.1) is 0 Å². The Balaban J connectivity index is 1.08. The fourth-order valence-corrected chi connectivity index (χ4v) is 7.57. The van der Waals surface area contributed by atoms with E-state index in [1.807, 2.05) is 24.3 Å². The number of amides is 6. The molecule has 0 aliphatic carbocycles. The smallest absolute Gasteiger partial charge is 0.257 e. The van der Waals surface area contributed by atoms with Crippen molar-refractivity contribution < 1.29 is 33.9 Å². The molecule has 59 heavy (non-hydrogen) atoms. The van der Waals surface area contributed by atoms with E-state index in [1.54, 1.807) is 41.3 Å². The van der Waals surface area contributed by atoms with Gasteiger partial charge in [0.25, 0.3) is 5.91 Å². The molecule has 15 heteroatoms. The fraction of sp³-hybridized carbons (Fsp3) is 0.455. The van der Waals surface area contributed by atoms with Crippen LogP contribution in [-0.2, 0) is 30.4 Å². The summed E-state index contributed by atoms with van der Waals surface area (Å²) in [6, 6.07) is 18.1. The Morgan fingerprint density at radius 2 is 1.51 bits per heavy atom. The van der Waals surface area contributed by atoms with Gasteiger partial charge in [-0.05, 0) is 113 Å². The van der Waals surface area contributed by atoms with Crippen LogP contribution in [0, 0.1) is 5.92 Å². The van der Waals surface area contributed by atoms with Gasteiger partial charge in [-0.2, -0.15) is 0 Å². The predicted octanol–water partition coefficient (Wildman–Crippen LogP) is 3.49. The van der Waals surface area contributed by atoms with Gasteiger partial charge < -0.3 is 37.4 Å². The van der Waals surface area contributed by atoms with E-state index in [4.69, 9.17) is 5.73 Å². The van der Waals surface area contributed by atoms with Crippen molar-refractivity contribution >= 4 is 52.5 Å². The van der Waals surface area contributed by atoms with Crippen LogP contribution in [0.5, 0.6) is 5.75 Å². The minimum atomic E-state index is -0.987. The van der Waals surface area contributed by atoms with Crippen molar-refractivity contribution in [1.82, 2.24) is 26.2 Å². The molecule has 3 aromatic rings. The summed E-state index contributed by atoms with van der Waals surface area (Å²) in [5, 5.41) is 23.7. The van der Waals surface area contributed by atoms with E-state index in [0.717, 1.165) is 50.8 Å². The van der Waals surface area contributed by atoms with Crippen molar-refractivity contribution in [1.29, 1.82) is 0 Å². The number of nitrogens with two attached hydrogens (primary N) is 1. The number of benzene rings is 3. The van der Waals surface area contributed by atoms with Gasteiger partial charge in [0.05, 0.1) is 29.2 Å². The predicted molar refractivity (Wildman–Crippen MR) is 226 cm³/mol. The number of anilines is 3. The molecule has 0 spiro atoms. The third-order valence-electron chi connectivity index (χ3n) is 10.8. The van der Waals surface area contributed by atoms with Gasteiger partial charge in [0.2, 0.25) is 29.5 Å². The Bertz CT molecular complexity index is 1930. The Labute approximate surface area is 345 Å². The lowest BCUT2D eigenvalue weighted by atomic mass is 9.91. The number of fused-ring (bicyclic) bond motifs is 2. The second kappa shape index (κ2) is 21.8. The van der Waals surface area contributed by atoms with Crippen molar-refractivity contribution in [2.24, 2.45) is 11.7 Å². The lowest BCUT2D eigenvalue weighted by Gasteiger charge is -2.33. The number of hydrogen-bond acceptors (Lipinski definition) is 9. The van der Waals surface area contributed by atoms with Crippen LogP contribution in [0.4, 0.5) is 17.1 Å². The quantitative estimate of drug-likeness (QED) is 0.0882. The maximum absolute atomic E-state index is 13.9. The van der Waals surface area contributed by atoms with Crippen molar-refractivity contribution in [2.75, 3.05) is 42.9 Å². The SMILES string of the molecule is CC(=O)N[C@@H](CCCCN)C(=O)N[C@@H](C)C(=O)N[C@@H](Cc1ccc(O)cc1)C(=O)NCCCCC1CCN(CC(=O)N2c3ccccc3NC(=O)c3ccccc32)CC1. The number of nitrogens with zero attached hydrogens (tertiary/aromatic N) is 2. The molecule has 2 aliphatic heterocycles. The average molecular weight is 811 g/mol. The summed E-state index contributed by atoms with van der Waals surface area (Å²) in [7, 11) is 0. The molecule has 8 N–H and O–H groups in total. The topological polar surface area (TPSA) is 215 Å². The summed E-state index contributed by atoms with van der Waals surface area (Å²) in [5.41, 5.74) is 8.56. The zero-order chi connectivity index (χ0) is 42.3. The largest absolute Gasteiger partial charge is 0.508 e. The summed E-state index contributed by atoms with van der Waals surface area (Å²) in [5.74, 6) is -1.56. The highest BCUT2D eigenvalue weighted by molar-refractivity contribution is 6.18. The number of unbranched alkanes of at least 4 members (excludes halogenated alkanes) is 2. The second-order valence-corrected chi connectivity index (χ2v) is 15.4. The summed E-state index contributed by atoms with van der Waals surface area (Å²) in [4.78, 5) is 82.1. The van der Waals surface area contributed by atoms with E-state index >= 15 is 0 Å². The number of phenolic OH excluding ortho intramolecular Hbond substituents is 1. The standard InChI is InChI=1S/C44H58N8O7/c1-29(47-44(59)36(48-30(2)53)14-7-9-23-45)41(56)50-37(27-32-17-19-33(54)20-18-32)43(58)46-24-10-8-11-31-21-25-51(26-22-31)28-40(55)52-38-15-5-3-12-34(38)42(57)49-35-13-4-6-16-39(35)52/h3-6,12-13,15-20,29,31,36-37,54H,7-11,14,21-28,45H2,1-2H3,(H,46,58)(H,47,59)(H,48,53)(H,49,57)(H,50,56)/t29-,36-,37-/m0/s1. The van der Waals surface area contributed by atoms with Crippen LogP contribution >= 0.6 is 0 Å². The molecule has 6 amide bonds. The summed E-state index contributed by atoms with van der Waals surface area (Å²) >= 11 is 0. The second-order valence-electron chi connectivity index (χ2n) is 15.4. The monoisotopic (exact) mass is 810 g/mol. The Kier molecular flexibility index (Phi) is 16.4. The van der Waals surface area contributed by atoms with E-state index in [1.165, 1.54) is 26.0 Å². The van der Waals surface area contributed by atoms with Gasteiger partial charge in [-0.3, -0.25) is 38.6 Å². The number of phenols is 1. The highest BCUT2D eigenvalue weighted by Crippen LogP contribution is 2.38. The van der Waals surface area contributed by atoms with Gasteiger partial charge in [0.1, 0.15) is 23.9 Å². The van der Waals surface area contributed by atoms with Crippen LogP contribution in [-0.4, -0.2) is 96.3 Å². The van der Waals surface area contributed by atoms with Crippen LogP contribution < -0.4 is 37.2 Å². The highest BCUT2D eigenvalue weighted by atomic mass is 16.3. The van der Waals surface area contributed by atoms with Crippen LogP contribution in [0.3, 0.4) is 0 Å². The average Bonchev–Trinajstić information content (AvgIpc) is 3.34. The molecular formula is C44H58N8O7. The van der Waals surface area contributed by atoms with Crippen molar-refractivity contribution in [2.45, 2.75) is 89.8 Å². The van der Waals surface area contributed by atoms with E-state index < -0.39 is 29.9 Å². The lowest BCUT2D eigenvalue weighted by Crippen LogP contribution is -2.56. The van der Waals surface area contributed by atoms with Crippen LogP contribution in [0.1, 0.15) is 81.1 Å². The number of likely N-dealkylation sites (tertiary alicyclic amines) is 1. The fourth-order valence-electron chi connectivity index (χ4n) is 7.57. The molecule has 1 fully saturated rings. The highest BCUT2D eigenvalue weighted by Gasteiger charge is 2.31. The molecule has 0 bridgehead atoms. The number of carbonyl (C=O) groups is 6. The Morgan fingerprint density at radius 1 is 0.814 bits per heavy atom. The number of para-hydroxylation sites is 3. The molecule has 316 valence electrons. The number of aromatic hydroxyl groups is 1. The number of carbonyl (C=O) groups excluding carboxylic acids is 6. The molecule has 2 heterocycles. The maximum Gasteiger partial charge on any atom is 0.257 e. The zero-order valence-corrected chi connectivity index (χ0v) is 34.0. The lowest BCUT2D eigenvalue weighted by molar-refractivity contribution is -0.133.